The summed E-state index contributed by atoms with van der Waals surface area (Å²) in [5.74, 6) is -2.89. The fourth-order valence-corrected chi connectivity index (χ4v) is 12.5. The number of fused-ring (bicyclic) bond motifs is 7. The lowest BCUT2D eigenvalue weighted by Crippen LogP contribution is -2.71. The molecule has 0 aromatic carbocycles. The van der Waals surface area contributed by atoms with Gasteiger partial charge in [0.15, 0.2) is 0 Å². The van der Waals surface area contributed by atoms with Crippen molar-refractivity contribution in [2.24, 2.45) is 50.7 Å². The van der Waals surface area contributed by atoms with Crippen LogP contribution in [-0.2, 0) is 47.7 Å². The molecule has 1 N–H and O–H groups in total. The molecule has 0 spiro atoms. The van der Waals surface area contributed by atoms with Crippen LogP contribution in [0.15, 0.2) is 11.6 Å². The molecule has 11 nitrogen and oxygen atoms in total. The van der Waals surface area contributed by atoms with Gasteiger partial charge in [0, 0.05) is 33.6 Å². The van der Waals surface area contributed by atoms with Gasteiger partial charge in [0.05, 0.1) is 24.0 Å². The third-order valence-corrected chi connectivity index (χ3v) is 14.9. The summed E-state index contributed by atoms with van der Waals surface area (Å²) in [6, 6.07) is 0. The zero-order valence-electron chi connectivity index (χ0n) is 31.6. The van der Waals surface area contributed by atoms with Gasteiger partial charge in [0.1, 0.15) is 24.9 Å². The second-order valence-electron chi connectivity index (χ2n) is 17.2. The van der Waals surface area contributed by atoms with Crippen molar-refractivity contribution >= 4 is 29.8 Å². The molecular weight excluding hydrogens is 644 g/mol. The van der Waals surface area contributed by atoms with Crippen molar-refractivity contribution in [1.29, 1.82) is 0 Å². The van der Waals surface area contributed by atoms with E-state index in [-0.39, 0.29) is 54.2 Å². The van der Waals surface area contributed by atoms with E-state index >= 15 is 0 Å². The van der Waals surface area contributed by atoms with Crippen molar-refractivity contribution in [1.82, 2.24) is 0 Å². The summed E-state index contributed by atoms with van der Waals surface area (Å²) in [6.45, 7) is 15.8. The van der Waals surface area contributed by atoms with E-state index in [1.807, 2.05) is 6.92 Å². The summed E-state index contributed by atoms with van der Waals surface area (Å²) in [7, 11) is 1.44. The molecule has 280 valence electrons. The third-order valence-electron chi connectivity index (χ3n) is 14.9. The van der Waals surface area contributed by atoms with Crippen molar-refractivity contribution in [3.63, 3.8) is 0 Å². The molecule has 0 aromatic heterocycles. The number of hydrogen-bond donors (Lipinski definition) is 1. The van der Waals surface area contributed by atoms with Crippen LogP contribution >= 0.6 is 0 Å². The van der Waals surface area contributed by atoms with Crippen LogP contribution in [0.3, 0.4) is 0 Å². The Balaban J connectivity index is 1.68. The van der Waals surface area contributed by atoms with Crippen LogP contribution < -0.4 is 0 Å². The number of rotatable bonds is 7. The first kappa shape index (κ1) is 38.3. The maximum absolute atomic E-state index is 13.9. The van der Waals surface area contributed by atoms with Crippen molar-refractivity contribution in [3.8, 4) is 0 Å². The highest BCUT2D eigenvalue weighted by atomic mass is 16.6. The Morgan fingerprint density at radius 3 is 1.98 bits per heavy atom. The quantitative estimate of drug-likeness (QED) is 0.204. The normalized spacial score (nSPS) is 42.9. The molecule has 4 saturated carbocycles. The number of aliphatic hydroxyl groups excluding tert-OH is 1. The lowest BCUT2D eigenvalue weighted by atomic mass is 9.32. The fraction of sp³-hybridized carbons (Fsp3) is 0.821. The molecule has 0 saturated heterocycles. The van der Waals surface area contributed by atoms with Crippen LogP contribution in [-0.4, -0.2) is 73.1 Å². The first-order chi connectivity index (χ1) is 23.2. The molecule has 0 unspecified atom stereocenters. The number of carbonyl (C=O) groups excluding carboxylic acids is 5. The number of aliphatic hydroxyl groups is 1. The summed E-state index contributed by atoms with van der Waals surface area (Å²) in [6.07, 6.45) is 5.14. The summed E-state index contributed by atoms with van der Waals surface area (Å²) in [4.78, 5) is 63.6. The molecular formula is C39H58O11. The van der Waals surface area contributed by atoms with E-state index in [1.54, 1.807) is 0 Å². The van der Waals surface area contributed by atoms with Crippen LogP contribution in [0.5, 0.6) is 0 Å². The molecule has 50 heavy (non-hydrogen) atoms. The van der Waals surface area contributed by atoms with E-state index in [9.17, 15) is 29.1 Å². The van der Waals surface area contributed by atoms with Gasteiger partial charge < -0.3 is 28.8 Å². The van der Waals surface area contributed by atoms with Gasteiger partial charge in [-0.15, -0.1) is 0 Å². The monoisotopic (exact) mass is 702 g/mol. The minimum absolute atomic E-state index is 0.00563. The van der Waals surface area contributed by atoms with Gasteiger partial charge in [-0.3, -0.25) is 24.0 Å². The molecule has 0 radical (unpaired) electrons. The molecule has 0 bridgehead atoms. The minimum atomic E-state index is -1.19. The topological polar surface area (TPSA) is 152 Å². The van der Waals surface area contributed by atoms with E-state index in [0.29, 0.717) is 32.1 Å². The van der Waals surface area contributed by atoms with Crippen molar-refractivity contribution in [2.45, 2.75) is 131 Å². The van der Waals surface area contributed by atoms with Gasteiger partial charge in [-0.05, 0) is 92.3 Å². The first-order valence-electron chi connectivity index (χ1n) is 18.3. The fourth-order valence-electron chi connectivity index (χ4n) is 12.5. The van der Waals surface area contributed by atoms with Crippen LogP contribution in [0, 0.1) is 50.7 Å². The molecule has 5 aliphatic carbocycles. The van der Waals surface area contributed by atoms with E-state index < -0.39 is 57.4 Å². The molecule has 11 atom stereocenters. The Morgan fingerprint density at radius 1 is 0.820 bits per heavy atom. The maximum Gasteiger partial charge on any atom is 0.312 e. The van der Waals surface area contributed by atoms with Gasteiger partial charge >= 0.3 is 29.8 Å². The molecule has 5 aliphatic rings. The van der Waals surface area contributed by atoms with Gasteiger partial charge in [-0.2, -0.15) is 0 Å². The lowest BCUT2D eigenvalue weighted by Gasteiger charge is -2.72. The number of ether oxygens (including phenoxy) is 5. The third kappa shape index (κ3) is 5.50. The summed E-state index contributed by atoms with van der Waals surface area (Å²) < 4.78 is 29.0. The number of methoxy groups -OCH3 is 1. The van der Waals surface area contributed by atoms with Crippen molar-refractivity contribution in [2.75, 3.05) is 20.3 Å². The molecule has 0 amide bonds. The second-order valence-corrected chi connectivity index (χ2v) is 17.2. The maximum atomic E-state index is 13.9. The lowest BCUT2D eigenvalue weighted by molar-refractivity contribution is -0.267. The molecule has 0 heterocycles. The Bertz CT molecular complexity index is 1430. The van der Waals surface area contributed by atoms with Gasteiger partial charge in [-0.1, -0.05) is 39.3 Å². The van der Waals surface area contributed by atoms with E-state index in [0.717, 1.165) is 24.8 Å². The highest BCUT2D eigenvalue weighted by Crippen LogP contribution is 2.76. The van der Waals surface area contributed by atoms with Crippen LogP contribution in [0.1, 0.15) is 114 Å². The summed E-state index contributed by atoms with van der Waals surface area (Å²) >= 11 is 0. The number of allylic oxidation sites excluding steroid dienone is 1. The average molecular weight is 703 g/mol. The summed E-state index contributed by atoms with van der Waals surface area (Å²) in [5.41, 5.74) is -3.11. The second kappa shape index (κ2) is 12.9. The van der Waals surface area contributed by atoms with Crippen molar-refractivity contribution < 1.29 is 52.8 Å². The smallest absolute Gasteiger partial charge is 0.312 e. The predicted octanol–water partition coefficient (Wildman–Crippen LogP) is 5.49. The highest BCUT2D eigenvalue weighted by molar-refractivity contribution is 5.79. The zero-order chi connectivity index (χ0) is 37.2. The van der Waals surface area contributed by atoms with Crippen LogP contribution in [0.25, 0.3) is 0 Å². The predicted molar refractivity (Wildman–Crippen MR) is 181 cm³/mol. The highest BCUT2D eigenvalue weighted by Gasteiger charge is 2.74. The molecule has 5 rings (SSSR count). The van der Waals surface area contributed by atoms with E-state index in [2.05, 4.69) is 33.8 Å². The van der Waals surface area contributed by atoms with Crippen molar-refractivity contribution in [3.05, 3.63) is 11.6 Å². The molecule has 4 fully saturated rings. The number of carbonyl (C=O) groups is 5. The minimum Gasteiger partial charge on any atom is -0.469 e. The Morgan fingerprint density at radius 2 is 1.44 bits per heavy atom. The first-order valence-corrected chi connectivity index (χ1v) is 18.3. The molecule has 0 aliphatic heterocycles. The molecule has 11 heteroatoms. The van der Waals surface area contributed by atoms with E-state index in [4.69, 9.17) is 23.7 Å². The summed E-state index contributed by atoms with van der Waals surface area (Å²) in [5, 5.41) is 11.9. The zero-order valence-corrected chi connectivity index (χ0v) is 31.6. The van der Waals surface area contributed by atoms with Crippen LogP contribution in [0.4, 0.5) is 0 Å². The Labute approximate surface area is 296 Å². The van der Waals surface area contributed by atoms with E-state index in [1.165, 1.54) is 34.8 Å². The Kier molecular flexibility index (Phi) is 9.89. The van der Waals surface area contributed by atoms with Gasteiger partial charge in [0.25, 0.3) is 0 Å². The van der Waals surface area contributed by atoms with Gasteiger partial charge in [-0.25, -0.2) is 0 Å². The number of hydrogen-bond acceptors (Lipinski definition) is 11. The SMILES string of the molecule is COC(=O)[C@]12CC[C@@H](C)[C@@](C)(OC(C)=O)[C@H]1C1=CC[C@@H]3[C@@]4(C)C[C@@H](O)[C@H](OC(C)=O)C(COC(C)=O)(COC(C)=O)[C@@H]4CC[C@@]3(C)[C@]1(C)CC2. The Hall–Kier alpha value is -2.95. The largest absolute Gasteiger partial charge is 0.469 e. The standard InChI is InChI=1S/C39H58O11/c1-22-13-16-38(33(45)46-10)18-17-35(7)27(31(38)37(22,9)50-26(5)43)11-12-29-34(6)19-28(44)32(49-25(4)42)39(20-47-23(2)40,21-48-24(3)41)30(34)14-15-36(29,35)8/h11,22,28-32,44H,12-21H2,1-10H3/t22-,28-,29-,30-,31-,32+,34-,35-,36-,37-,38+/m1/s1. The average Bonchev–Trinajstić information content (AvgIpc) is 3.01. The molecule has 0 aromatic rings. The van der Waals surface area contributed by atoms with Crippen LogP contribution in [0.2, 0.25) is 0 Å². The number of esters is 5. The van der Waals surface area contributed by atoms with Gasteiger partial charge in [0.2, 0.25) is 0 Å².